The van der Waals surface area contributed by atoms with Crippen LogP contribution in [0.4, 0.5) is 0 Å². The molecule has 0 aromatic carbocycles. The van der Waals surface area contributed by atoms with E-state index in [1.54, 1.807) is 24.0 Å². The van der Waals surface area contributed by atoms with E-state index in [4.69, 9.17) is 0 Å². The van der Waals surface area contributed by atoms with Gasteiger partial charge in [-0.05, 0) is 33.0 Å². The van der Waals surface area contributed by atoms with Crippen LogP contribution in [0.2, 0.25) is 0 Å². The first-order chi connectivity index (χ1) is 9.49. The smallest absolute Gasteiger partial charge is 0.225 e. The van der Waals surface area contributed by atoms with Crippen LogP contribution in [-0.2, 0) is 11.8 Å². The van der Waals surface area contributed by atoms with Crippen LogP contribution < -0.4 is 0 Å². The topological polar surface area (TPSA) is 61.6 Å². The van der Waals surface area contributed by atoms with Crippen molar-refractivity contribution in [2.75, 3.05) is 27.2 Å². The summed E-state index contributed by atoms with van der Waals surface area (Å²) in [5, 5.41) is 14.1. The standard InChI is InChI=1S/C14H24N4O2/c1-16(2)11-5-8-18(9-6-11)14(20)10-13(19)12-4-7-15-17(12)3/h4,7,11,13,19H,5-6,8-10H2,1-3H3. The number of carbonyl (C=O) groups excluding carboxylic acids is 1. The molecule has 2 heterocycles. The lowest BCUT2D eigenvalue weighted by atomic mass is 10.0. The lowest BCUT2D eigenvalue weighted by Gasteiger charge is -2.35. The van der Waals surface area contributed by atoms with E-state index in [1.807, 2.05) is 4.90 Å². The Morgan fingerprint density at radius 2 is 2.15 bits per heavy atom. The molecule has 1 amide bonds. The molecule has 1 fully saturated rings. The molecule has 1 aliphatic heterocycles. The molecule has 1 saturated heterocycles. The van der Waals surface area contributed by atoms with Crippen molar-refractivity contribution in [3.8, 4) is 0 Å². The van der Waals surface area contributed by atoms with E-state index in [9.17, 15) is 9.90 Å². The number of hydrogen-bond donors (Lipinski definition) is 1. The van der Waals surface area contributed by atoms with E-state index < -0.39 is 6.10 Å². The van der Waals surface area contributed by atoms with Crippen LogP contribution in [0.15, 0.2) is 12.3 Å². The zero-order valence-corrected chi connectivity index (χ0v) is 12.5. The summed E-state index contributed by atoms with van der Waals surface area (Å²) in [5.41, 5.74) is 0.682. The van der Waals surface area contributed by atoms with Crippen molar-refractivity contribution in [2.45, 2.75) is 31.4 Å². The first kappa shape index (κ1) is 15.0. The van der Waals surface area contributed by atoms with Gasteiger partial charge < -0.3 is 14.9 Å². The van der Waals surface area contributed by atoms with E-state index >= 15 is 0 Å². The molecule has 0 bridgehead atoms. The highest BCUT2D eigenvalue weighted by molar-refractivity contribution is 5.76. The highest BCUT2D eigenvalue weighted by Gasteiger charge is 2.26. The molecule has 1 N–H and O–H groups in total. The monoisotopic (exact) mass is 280 g/mol. The summed E-state index contributed by atoms with van der Waals surface area (Å²) in [7, 11) is 5.92. The molecule has 1 atom stereocenters. The fourth-order valence-corrected chi connectivity index (χ4v) is 2.74. The van der Waals surface area contributed by atoms with Crippen molar-refractivity contribution in [3.05, 3.63) is 18.0 Å². The molecule has 6 heteroatoms. The van der Waals surface area contributed by atoms with Crippen LogP contribution in [0, 0.1) is 0 Å². The number of aromatic nitrogens is 2. The largest absolute Gasteiger partial charge is 0.386 e. The molecule has 20 heavy (non-hydrogen) atoms. The van der Waals surface area contributed by atoms with Gasteiger partial charge in [0, 0.05) is 32.4 Å². The minimum Gasteiger partial charge on any atom is -0.386 e. The second kappa shape index (κ2) is 6.37. The van der Waals surface area contributed by atoms with Gasteiger partial charge >= 0.3 is 0 Å². The molecule has 2 rings (SSSR count). The van der Waals surface area contributed by atoms with Gasteiger partial charge in [-0.3, -0.25) is 9.48 Å². The van der Waals surface area contributed by atoms with Gasteiger partial charge in [-0.2, -0.15) is 5.10 Å². The summed E-state index contributed by atoms with van der Waals surface area (Å²) >= 11 is 0. The van der Waals surface area contributed by atoms with Crippen LogP contribution in [0.25, 0.3) is 0 Å². The summed E-state index contributed by atoms with van der Waals surface area (Å²) in [6, 6.07) is 2.30. The van der Waals surface area contributed by atoms with E-state index in [-0.39, 0.29) is 12.3 Å². The summed E-state index contributed by atoms with van der Waals surface area (Å²) in [6.07, 6.45) is 2.99. The molecule has 1 aromatic heterocycles. The van der Waals surface area contributed by atoms with Crippen molar-refractivity contribution in [1.29, 1.82) is 0 Å². The Hall–Kier alpha value is -1.40. The van der Waals surface area contributed by atoms with Gasteiger partial charge in [0.2, 0.25) is 5.91 Å². The van der Waals surface area contributed by atoms with Crippen LogP contribution in [0.5, 0.6) is 0 Å². The van der Waals surface area contributed by atoms with Gasteiger partial charge in [-0.1, -0.05) is 0 Å². The van der Waals surface area contributed by atoms with E-state index in [0.29, 0.717) is 11.7 Å². The second-order valence-electron chi connectivity index (χ2n) is 5.68. The highest BCUT2D eigenvalue weighted by Crippen LogP contribution is 2.20. The number of likely N-dealkylation sites (tertiary alicyclic amines) is 1. The quantitative estimate of drug-likeness (QED) is 0.867. The molecule has 6 nitrogen and oxygen atoms in total. The fraction of sp³-hybridized carbons (Fsp3) is 0.714. The number of aliphatic hydroxyl groups is 1. The van der Waals surface area contributed by atoms with Crippen molar-refractivity contribution in [1.82, 2.24) is 19.6 Å². The maximum absolute atomic E-state index is 12.2. The normalized spacial score (nSPS) is 18.6. The Morgan fingerprint density at radius 3 is 2.65 bits per heavy atom. The average Bonchev–Trinajstić information content (AvgIpc) is 2.85. The summed E-state index contributed by atoms with van der Waals surface area (Å²) in [5.74, 6) is 0.0240. The molecular weight excluding hydrogens is 256 g/mol. The van der Waals surface area contributed by atoms with Gasteiger partial charge in [-0.15, -0.1) is 0 Å². The molecule has 0 aliphatic carbocycles. The third-order valence-electron chi connectivity index (χ3n) is 4.12. The third-order valence-corrected chi connectivity index (χ3v) is 4.12. The third kappa shape index (κ3) is 3.37. The van der Waals surface area contributed by atoms with E-state index in [1.165, 1.54) is 0 Å². The predicted molar refractivity (Wildman–Crippen MR) is 76.1 cm³/mol. The number of carbonyl (C=O) groups is 1. The Labute approximate surface area is 120 Å². The number of piperidine rings is 1. The molecular formula is C14H24N4O2. The predicted octanol–water partition coefficient (Wildman–Crippen LogP) is 0.396. The molecule has 0 spiro atoms. The van der Waals surface area contributed by atoms with Gasteiger partial charge in [0.15, 0.2) is 0 Å². The van der Waals surface area contributed by atoms with Gasteiger partial charge in [-0.25, -0.2) is 0 Å². The average molecular weight is 280 g/mol. The minimum absolute atomic E-state index is 0.0240. The second-order valence-corrected chi connectivity index (χ2v) is 5.68. The van der Waals surface area contributed by atoms with Crippen molar-refractivity contribution < 1.29 is 9.90 Å². The number of amides is 1. The maximum Gasteiger partial charge on any atom is 0.225 e. The van der Waals surface area contributed by atoms with Crippen molar-refractivity contribution in [3.63, 3.8) is 0 Å². The van der Waals surface area contributed by atoms with Crippen LogP contribution in [0.3, 0.4) is 0 Å². The number of nitrogens with zero attached hydrogens (tertiary/aromatic N) is 4. The summed E-state index contributed by atoms with van der Waals surface area (Å²) in [6.45, 7) is 1.56. The van der Waals surface area contributed by atoms with Crippen molar-refractivity contribution >= 4 is 5.91 Å². The zero-order valence-electron chi connectivity index (χ0n) is 12.5. The van der Waals surface area contributed by atoms with Crippen molar-refractivity contribution in [2.24, 2.45) is 7.05 Å². The molecule has 1 aromatic rings. The summed E-state index contributed by atoms with van der Waals surface area (Å²) in [4.78, 5) is 16.3. The Kier molecular flexibility index (Phi) is 4.77. The summed E-state index contributed by atoms with van der Waals surface area (Å²) < 4.78 is 1.61. The van der Waals surface area contributed by atoms with Crippen LogP contribution >= 0.6 is 0 Å². The van der Waals surface area contributed by atoms with Gasteiger partial charge in [0.25, 0.3) is 0 Å². The molecule has 1 unspecified atom stereocenters. The zero-order chi connectivity index (χ0) is 14.7. The van der Waals surface area contributed by atoms with E-state index in [2.05, 4.69) is 24.1 Å². The lowest BCUT2D eigenvalue weighted by Crippen LogP contribution is -2.44. The Balaban J connectivity index is 1.85. The molecule has 0 radical (unpaired) electrons. The number of hydrogen-bond acceptors (Lipinski definition) is 4. The molecule has 112 valence electrons. The highest BCUT2D eigenvalue weighted by atomic mass is 16.3. The molecule has 0 saturated carbocycles. The minimum atomic E-state index is -0.776. The molecule has 1 aliphatic rings. The van der Waals surface area contributed by atoms with E-state index in [0.717, 1.165) is 25.9 Å². The van der Waals surface area contributed by atoms with Crippen LogP contribution in [0.1, 0.15) is 31.1 Å². The Bertz CT molecular complexity index is 450. The van der Waals surface area contributed by atoms with Crippen LogP contribution in [-0.4, -0.2) is 63.8 Å². The van der Waals surface area contributed by atoms with Gasteiger partial charge in [0.1, 0.15) is 6.10 Å². The number of aryl methyl sites for hydroxylation is 1. The number of rotatable bonds is 4. The first-order valence-electron chi connectivity index (χ1n) is 7.09. The Morgan fingerprint density at radius 1 is 1.50 bits per heavy atom. The SMILES string of the molecule is CN(C)C1CCN(C(=O)CC(O)c2ccnn2C)CC1. The lowest BCUT2D eigenvalue weighted by molar-refractivity contribution is -0.134. The first-order valence-corrected chi connectivity index (χ1v) is 7.09. The number of aliphatic hydroxyl groups excluding tert-OH is 1. The van der Waals surface area contributed by atoms with Gasteiger partial charge in [0.05, 0.1) is 12.1 Å². The maximum atomic E-state index is 12.2. The fourth-order valence-electron chi connectivity index (χ4n) is 2.74.